The van der Waals surface area contributed by atoms with Crippen molar-refractivity contribution < 1.29 is 33.3 Å². The van der Waals surface area contributed by atoms with Crippen molar-refractivity contribution in [3.63, 3.8) is 0 Å². The minimum Gasteiger partial charge on any atom is -0.462 e. The summed E-state index contributed by atoms with van der Waals surface area (Å²) in [6, 6.07) is 0. The maximum absolute atomic E-state index is 11.1. The minimum absolute atomic E-state index is 0.105. The zero-order valence-corrected chi connectivity index (χ0v) is 14.2. The lowest BCUT2D eigenvalue weighted by atomic mass is 10.4. The number of carbonyl (C=O) groups excluding carboxylic acids is 3. The molecule has 0 heterocycles. The molecule has 0 spiro atoms. The van der Waals surface area contributed by atoms with Crippen LogP contribution in [0, 0.1) is 0 Å². The molecule has 0 atom stereocenters. The number of esters is 3. The Hall–Kier alpha value is -1.67. The SMILES string of the molecule is C=C(C)C(=O)OCCCOC([SiH3])(OC(C)=O)OC(C)=O. The molecule has 114 valence electrons. The Morgan fingerprint density at radius 3 is 1.95 bits per heavy atom. The van der Waals surface area contributed by atoms with Crippen molar-refractivity contribution in [1.29, 1.82) is 0 Å². The van der Waals surface area contributed by atoms with Gasteiger partial charge in [0, 0.05) is 25.8 Å². The third-order valence-corrected chi connectivity index (χ3v) is 2.59. The number of hydrogen-bond donors (Lipinski definition) is 0. The Balaban J connectivity index is 4.14. The average molecular weight is 304 g/mol. The molecule has 0 radical (unpaired) electrons. The lowest BCUT2D eigenvalue weighted by Crippen LogP contribution is -2.43. The van der Waals surface area contributed by atoms with Crippen LogP contribution in [0.4, 0.5) is 0 Å². The highest BCUT2D eigenvalue weighted by Crippen LogP contribution is 2.12. The van der Waals surface area contributed by atoms with Crippen LogP contribution < -0.4 is 0 Å². The van der Waals surface area contributed by atoms with E-state index >= 15 is 0 Å². The third kappa shape index (κ3) is 8.43. The Kier molecular flexibility index (Phi) is 7.78. The van der Waals surface area contributed by atoms with Gasteiger partial charge < -0.3 is 18.9 Å². The van der Waals surface area contributed by atoms with E-state index in [1.54, 1.807) is 6.92 Å². The van der Waals surface area contributed by atoms with Gasteiger partial charge in [-0.15, -0.1) is 0 Å². The Labute approximate surface area is 120 Å². The number of carbonyl (C=O) groups is 3. The summed E-state index contributed by atoms with van der Waals surface area (Å²) in [5.41, 5.74) is -1.33. The Bertz CT molecular complexity index is 375. The molecular formula is C12H20O7Si. The van der Waals surface area contributed by atoms with Crippen LogP contribution in [0.25, 0.3) is 0 Å². The van der Waals surface area contributed by atoms with E-state index in [-0.39, 0.29) is 23.5 Å². The predicted octanol–water partition coefficient (Wildman–Crippen LogP) is -0.385. The summed E-state index contributed by atoms with van der Waals surface area (Å²) in [6.45, 7) is 7.60. The first-order valence-electron chi connectivity index (χ1n) is 6.02. The molecule has 0 saturated heterocycles. The van der Waals surface area contributed by atoms with Crippen LogP contribution >= 0.6 is 0 Å². The Morgan fingerprint density at radius 2 is 1.55 bits per heavy atom. The van der Waals surface area contributed by atoms with Crippen molar-refractivity contribution in [1.82, 2.24) is 0 Å². The molecule has 0 aromatic rings. The highest BCUT2D eigenvalue weighted by molar-refractivity contribution is 6.13. The summed E-state index contributed by atoms with van der Waals surface area (Å²) in [6.07, 6.45) is 0.367. The van der Waals surface area contributed by atoms with Crippen LogP contribution in [0.5, 0.6) is 0 Å². The first-order chi connectivity index (χ1) is 9.16. The van der Waals surface area contributed by atoms with E-state index in [0.29, 0.717) is 12.0 Å². The predicted molar refractivity (Wildman–Crippen MR) is 72.5 cm³/mol. The molecule has 0 aliphatic heterocycles. The average Bonchev–Trinajstić information content (AvgIpc) is 2.25. The maximum Gasteiger partial charge on any atom is 0.333 e. The fourth-order valence-electron chi connectivity index (χ4n) is 1.21. The molecule has 20 heavy (non-hydrogen) atoms. The van der Waals surface area contributed by atoms with E-state index in [2.05, 4.69) is 6.58 Å². The molecule has 0 aromatic heterocycles. The van der Waals surface area contributed by atoms with Crippen molar-refractivity contribution in [3.05, 3.63) is 12.2 Å². The molecule has 0 bridgehead atoms. The minimum atomic E-state index is -1.64. The zero-order chi connectivity index (χ0) is 15.8. The summed E-state index contributed by atoms with van der Waals surface area (Å²) < 4.78 is 19.8. The molecule has 0 aromatic carbocycles. The standard InChI is InChI=1S/C12H20O7Si/c1-8(2)11(15)16-6-5-7-17-12(20,18-9(3)13)19-10(4)14/h1,5-7H2,2-4,20H3. The second kappa shape index (κ2) is 8.49. The van der Waals surface area contributed by atoms with Gasteiger partial charge in [-0.05, 0) is 6.92 Å². The lowest BCUT2D eigenvalue weighted by molar-refractivity contribution is -0.294. The normalized spacial score (nSPS) is 10.8. The van der Waals surface area contributed by atoms with E-state index in [1.807, 2.05) is 0 Å². The van der Waals surface area contributed by atoms with E-state index in [0.717, 1.165) is 0 Å². The van der Waals surface area contributed by atoms with E-state index in [9.17, 15) is 14.4 Å². The summed E-state index contributed by atoms with van der Waals surface area (Å²) >= 11 is 0. The van der Waals surface area contributed by atoms with E-state index in [1.165, 1.54) is 13.8 Å². The molecule has 0 rings (SSSR count). The largest absolute Gasteiger partial charge is 0.462 e. The molecule has 0 saturated carbocycles. The van der Waals surface area contributed by atoms with Crippen LogP contribution in [-0.2, 0) is 33.3 Å². The topological polar surface area (TPSA) is 88.1 Å². The van der Waals surface area contributed by atoms with Crippen LogP contribution in [0.15, 0.2) is 12.2 Å². The highest BCUT2D eigenvalue weighted by atomic mass is 28.1. The van der Waals surface area contributed by atoms with Crippen LogP contribution in [-0.4, -0.2) is 47.0 Å². The van der Waals surface area contributed by atoms with Crippen LogP contribution in [0.3, 0.4) is 0 Å². The van der Waals surface area contributed by atoms with Gasteiger partial charge in [0.25, 0.3) is 0 Å². The summed E-state index contributed by atoms with van der Waals surface area (Å²) in [7, 11) is 0.146. The third-order valence-electron chi connectivity index (χ3n) is 1.89. The van der Waals surface area contributed by atoms with Crippen LogP contribution in [0.1, 0.15) is 27.2 Å². The van der Waals surface area contributed by atoms with Crippen molar-refractivity contribution in [2.45, 2.75) is 32.8 Å². The fraction of sp³-hybridized carbons (Fsp3) is 0.583. The fourth-order valence-corrected chi connectivity index (χ4v) is 1.99. The quantitative estimate of drug-likeness (QED) is 0.198. The van der Waals surface area contributed by atoms with Gasteiger partial charge in [-0.3, -0.25) is 9.59 Å². The molecule has 0 aliphatic rings. The number of rotatable bonds is 8. The van der Waals surface area contributed by atoms with Crippen molar-refractivity contribution >= 4 is 28.2 Å². The van der Waals surface area contributed by atoms with Gasteiger partial charge in [-0.25, -0.2) is 4.79 Å². The van der Waals surface area contributed by atoms with Gasteiger partial charge in [-0.1, -0.05) is 6.58 Å². The second-order valence-electron chi connectivity index (χ2n) is 4.17. The number of ether oxygens (including phenoxy) is 4. The van der Waals surface area contributed by atoms with Crippen molar-refractivity contribution in [2.24, 2.45) is 0 Å². The molecule has 0 amide bonds. The van der Waals surface area contributed by atoms with Gasteiger partial charge in [0.1, 0.15) is 0 Å². The van der Waals surface area contributed by atoms with Gasteiger partial charge in [0.2, 0.25) is 0 Å². The smallest absolute Gasteiger partial charge is 0.333 e. The van der Waals surface area contributed by atoms with Gasteiger partial charge in [0.15, 0.2) is 10.2 Å². The first-order valence-corrected chi connectivity index (χ1v) is 7.02. The zero-order valence-electron chi connectivity index (χ0n) is 12.2. The highest BCUT2D eigenvalue weighted by Gasteiger charge is 2.31. The molecule has 8 heteroatoms. The van der Waals surface area contributed by atoms with Crippen LogP contribution in [0.2, 0.25) is 0 Å². The van der Waals surface area contributed by atoms with Gasteiger partial charge in [-0.2, -0.15) is 0 Å². The monoisotopic (exact) mass is 304 g/mol. The molecule has 0 unspecified atom stereocenters. The maximum atomic E-state index is 11.1. The molecule has 0 N–H and O–H groups in total. The van der Waals surface area contributed by atoms with E-state index < -0.39 is 23.5 Å². The summed E-state index contributed by atoms with van der Waals surface area (Å²) in [5.74, 6) is -1.72. The number of hydrogen-bond acceptors (Lipinski definition) is 7. The van der Waals surface area contributed by atoms with Crippen molar-refractivity contribution in [3.8, 4) is 0 Å². The molecule has 7 nitrogen and oxygen atoms in total. The summed E-state index contributed by atoms with van der Waals surface area (Å²) in [5, 5.41) is 0. The lowest BCUT2D eigenvalue weighted by Gasteiger charge is -2.28. The first kappa shape index (κ1) is 18.3. The summed E-state index contributed by atoms with van der Waals surface area (Å²) in [4.78, 5) is 33.0. The Morgan fingerprint density at radius 1 is 1.05 bits per heavy atom. The van der Waals surface area contributed by atoms with Gasteiger partial charge >= 0.3 is 23.5 Å². The second-order valence-corrected chi connectivity index (χ2v) is 5.39. The molecule has 0 fully saturated rings. The molecular weight excluding hydrogens is 284 g/mol. The van der Waals surface area contributed by atoms with Gasteiger partial charge in [0.05, 0.1) is 13.2 Å². The molecule has 0 aliphatic carbocycles. The van der Waals surface area contributed by atoms with E-state index in [4.69, 9.17) is 18.9 Å². The van der Waals surface area contributed by atoms with Crippen molar-refractivity contribution in [2.75, 3.05) is 13.2 Å².